The molecule has 1 unspecified atom stereocenters. The molecule has 17 heavy (non-hydrogen) atoms. The zero-order valence-electron chi connectivity index (χ0n) is 9.38. The van der Waals surface area contributed by atoms with Crippen LogP contribution in [0.15, 0.2) is 41.8 Å². The van der Waals surface area contributed by atoms with Gasteiger partial charge in [-0.25, -0.2) is 0 Å². The minimum absolute atomic E-state index is 0.118. The topological polar surface area (TPSA) is 40.9 Å². The number of carbonyl (C=O) groups excluding carboxylic acids is 1. The van der Waals surface area contributed by atoms with Crippen LogP contribution in [0.3, 0.4) is 0 Å². The van der Waals surface area contributed by atoms with Gasteiger partial charge in [-0.05, 0) is 23.9 Å². The predicted octanol–water partition coefficient (Wildman–Crippen LogP) is 3.55. The minimum Gasteiger partial charge on any atom is -0.292 e. The third-order valence-corrected chi connectivity index (χ3v) is 3.57. The highest BCUT2D eigenvalue weighted by molar-refractivity contribution is 7.10. The lowest BCUT2D eigenvalue weighted by atomic mass is 9.94. The standard InChI is InChI=1S/C14H11NOS/c1-10-5-2-3-6-11(10)14(16)12(9-15)13-7-4-8-17-13/h2-8,12H,1H3. The van der Waals surface area contributed by atoms with Crippen LogP contribution in [-0.4, -0.2) is 5.78 Å². The van der Waals surface area contributed by atoms with Crippen LogP contribution in [0.2, 0.25) is 0 Å². The molecule has 0 amide bonds. The Hall–Kier alpha value is -1.92. The van der Waals surface area contributed by atoms with Gasteiger partial charge in [0.15, 0.2) is 5.78 Å². The van der Waals surface area contributed by atoms with Crippen LogP contribution < -0.4 is 0 Å². The van der Waals surface area contributed by atoms with Crippen molar-refractivity contribution < 1.29 is 4.79 Å². The summed E-state index contributed by atoms with van der Waals surface area (Å²) in [6, 6.07) is 13.1. The van der Waals surface area contributed by atoms with Gasteiger partial charge >= 0.3 is 0 Å². The van der Waals surface area contributed by atoms with Crippen LogP contribution in [-0.2, 0) is 0 Å². The highest BCUT2D eigenvalue weighted by Gasteiger charge is 2.23. The number of nitriles is 1. The fraction of sp³-hybridized carbons (Fsp3) is 0.143. The number of rotatable bonds is 3. The van der Waals surface area contributed by atoms with Gasteiger partial charge in [0.05, 0.1) is 6.07 Å². The van der Waals surface area contributed by atoms with Crippen LogP contribution in [0, 0.1) is 18.3 Å². The quantitative estimate of drug-likeness (QED) is 0.771. The second-order valence-electron chi connectivity index (χ2n) is 3.76. The molecule has 3 heteroatoms. The molecule has 0 saturated carbocycles. The largest absolute Gasteiger partial charge is 0.292 e. The number of Topliss-reactive ketones (excluding diaryl/α,β-unsaturated/α-hetero) is 1. The number of benzene rings is 1. The van der Waals surface area contributed by atoms with Crippen LogP contribution in [0.4, 0.5) is 0 Å². The number of thiophene rings is 1. The highest BCUT2D eigenvalue weighted by atomic mass is 32.1. The van der Waals surface area contributed by atoms with E-state index in [4.69, 9.17) is 5.26 Å². The van der Waals surface area contributed by atoms with E-state index in [1.807, 2.05) is 42.6 Å². The molecule has 0 saturated heterocycles. The Morgan fingerprint density at radius 2 is 2.06 bits per heavy atom. The van der Waals surface area contributed by atoms with Gasteiger partial charge < -0.3 is 0 Å². The maximum absolute atomic E-state index is 12.3. The number of aryl methyl sites for hydroxylation is 1. The van der Waals surface area contributed by atoms with E-state index in [1.165, 1.54) is 11.3 Å². The van der Waals surface area contributed by atoms with Crippen molar-refractivity contribution in [2.45, 2.75) is 12.8 Å². The van der Waals surface area contributed by atoms with Gasteiger partial charge in [0.25, 0.3) is 0 Å². The molecule has 0 aliphatic rings. The summed E-state index contributed by atoms with van der Waals surface area (Å²) in [4.78, 5) is 13.1. The molecule has 0 spiro atoms. The van der Waals surface area contributed by atoms with Gasteiger partial charge in [0.1, 0.15) is 5.92 Å². The second-order valence-corrected chi connectivity index (χ2v) is 4.74. The monoisotopic (exact) mass is 241 g/mol. The number of ketones is 1. The molecule has 84 valence electrons. The molecule has 2 aromatic rings. The van der Waals surface area contributed by atoms with E-state index in [1.54, 1.807) is 6.07 Å². The molecular formula is C14H11NOS. The summed E-state index contributed by atoms with van der Waals surface area (Å²) < 4.78 is 0. The maximum atomic E-state index is 12.3. The molecule has 2 nitrogen and oxygen atoms in total. The van der Waals surface area contributed by atoms with Crippen molar-refractivity contribution >= 4 is 17.1 Å². The fourth-order valence-corrected chi connectivity index (χ4v) is 2.48. The lowest BCUT2D eigenvalue weighted by Crippen LogP contribution is -2.11. The minimum atomic E-state index is -0.684. The van der Waals surface area contributed by atoms with Crippen molar-refractivity contribution in [3.05, 3.63) is 57.8 Å². The first-order valence-electron chi connectivity index (χ1n) is 5.27. The summed E-state index contributed by atoms with van der Waals surface area (Å²) in [6.45, 7) is 1.89. The first-order valence-corrected chi connectivity index (χ1v) is 6.15. The SMILES string of the molecule is Cc1ccccc1C(=O)C(C#N)c1cccs1. The third-order valence-electron chi connectivity index (χ3n) is 2.63. The van der Waals surface area contributed by atoms with E-state index in [-0.39, 0.29) is 5.78 Å². The lowest BCUT2D eigenvalue weighted by molar-refractivity contribution is 0.0979. The molecule has 0 aliphatic heterocycles. The number of hydrogen-bond acceptors (Lipinski definition) is 3. The molecule has 1 atom stereocenters. The van der Waals surface area contributed by atoms with Crippen molar-refractivity contribution in [3.8, 4) is 6.07 Å². The number of hydrogen-bond donors (Lipinski definition) is 0. The van der Waals surface area contributed by atoms with Crippen LogP contribution in [0.5, 0.6) is 0 Å². The Bertz CT molecular complexity index is 566. The summed E-state index contributed by atoms with van der Waals surface area (Å²) >= 11 is 1.44. The molecule has 1 heterocycles. The summed E-state index contributed by atoms with van der Waals surface area (Å²) in [6.07, 6.45) is 0. The first kappa shape index (κ1) is 11.6. The van der Waals surface area contributed by atoms with E-state index >= 15 is 0 Å². The van der Waals surface area contributed by atoms with Gasteiger partial charge in [0.2, 0.25) is 0 Å². The van der Waals surface area contributed by atoms with Crippen LogP contribution >= 0.6 is 11.3 Å². The van der Waals surface area contributed by atoms with Crippen molar-refractivity contribution in [1.29, 1.82) is 5.26 Å². The molecule has 0 fully saturated rings. The van der Waals surface area contributed by atoms with Gasteiger partial charge in [-0.15, -0.1) is 11.3 Å². The zero-order valence-corrected chi connectivity index (χ0v) is 10.2. The first-order chi connectivity index (χ1) is 8.24. The molecule has 1 aromatic heterocycles. The molecule has 0 aliphatic carbocycles. The summed E-state index contributed by atoms with van der Waals surface area (Å²) in [5.41, 5.74) is 1.54. The lowest BCUT2D eigenvalue weighted by Gasteiger charge is -2.08. The predicted molar refractivity (Wildman–Crippen MR) is 68.2 cm³/mol. The van der Waals surface area contributed by atoms with E-state index in [9.17, 15) is 4.79 Å². The molecule has 0 bridgehead atoms. The smallest absolute Gasteiger partial charge is 0.185 e. The Morgan fingerprint density at radius 3 is 2.65 bits per heavy atom. The van der Waals surface area contributed by atoms with E-state index in [2.05, 4.69) is 6.07 Å². The second kappa shape index (κ2) is 4.94. The third kappa shape index (κ3) is 2.27. The van der Waals surface area contributed by atoms with E-state index in [0.29, 0.717) is 5.56 Å². The van der Waals surface area contributed by atoms with E-state index < -0.39 is 5.92 Å². The van der Waals surface area contributed by atoms with Crippen molar-refractivity contribution in [2.24, 2.45) is 0 Å². The molecule has 1 aromatic carbocycles. The van der Waals surface area contributed by atoms with Gasteiger partial charge in [0, 0.05) is 10.4 Å². The van der Waals surface area contributed by atoms with Gasteiger partial charge in [-0.2, -0.15) is 5.26 Å². The van der Waals surface area contributed by atoms with Gasteiger partial charge in [-0.3, -0.25) is 4.79 Å². The summed E-state index contributed by atoms with van der Waals surface area (Å²) in [5.74, 6) is -0.802. The number of nitrogens with zero attached hydrogens (tertiary/aromatic N) is 1. The molecule has 2 rings (SSSR count). The van der Waals surface area contributed by atoms with Crippen molar-refractivity contribution in [1.82, 2.24) is 0 Å². The molecular weight excluding hydrogens is 230 g/mol. The van der Waals surface area contributed by atoms with Crippen LogP contribution in [0.25, 0.3) is 0 Å². The number of carbonyl (C=O) groups is 1. The molecule has 0 radical (unpaired) electrons. The van der Waals surface area contributed by atoms with Crippen LogP contribution in [0.1, 0.15) is 26.7 Å². The Labute approximate surface area is 104 Å². The Morgan fingerprint density at radius 1 is 1.29 bits per heavy atom. The average Bonchev–Trinajstić information content (AvgIpc) is 2.84. The zero-order chi connectivity index (χ0) is 12.3. The van der Waals surface area contributed by atoms with Crippen molar-refractivity contribution in [2.75, 3.05) is 0 Å². The van der Waals surface area contributed by atoms with E-state index in [0.717, 1.165) is 10.4 Å². The van der Waals surface area contributed by atoms with Gasteiger partial charge in [-0.1, -0.05) is 30.3 Å². The van der Waals surface area contributed by atoms with Crippen molar-refractivity contribution in [3.63, 3.8) is 0 Å². The normalized spacial score (nSPS) is 11.8. The highest BCUT2D eigenvalue weighted by Crippen LogP contribution is 2.25. The molecule has 0 N–H and O–H groups in total. The Balaban J connectivity index is 2.38. The summed E-state index contributed by atoms with van der Waals surface area (Å²) in [5, 5.41) is 11.0. The average molecular weight is 241 g/mol. The Kier molecular flexibility index (Phi) is 3.36. The maximum Gasteiger partial charge on any atom is 0.185 e. The summed E-state index contributed by atoms with van der Waals surface area (Å²) in [7, 11) is 0. The fourth-order valence-electron chi connectivity index (χ4n) is 1.71.